The first kappa shape index (κ1) is 23.0. The zero-order valence-electron chi connectivity index (χ0n) is 19.7. The van der Waals surface area contributed by atoms with Gasteiger partial charge in [0.25, 0.3) is 5.91 Å². The molecule has 0 saturated carbocycles. The number of benzene rings is 3. The number of hydrogen-bond acceptors (Lipinski definition) is 6. The van der Waals surface area contributed by atoms with Crippen LogP contribution in [0.4, 0.5) is 0 Å². The van der Waals surface area contributed by atoms with Crippen LogP contribution in [-0.4, -0.2) is 21.1 Å². The predicted octanol–water partition coefficient (Wildman–Crippen LogP) is 5.62. The molecule has 2 heterocycles. The molecule has 3 aromatic carbocycles. The van der Waals surface area contributed by atoms with Crippen LogP contribution in [0.25, 0.3) is 22.9 Å². The number of ether oxygens (including phenoxy) is 1. The molecule has 0 fully saturated rings. The van der Waals surface area contributed by atoms with Gasteiger partial charge in [0.1, 0.15) is 6.61 Å². The van der Waals surface area contributed by atoms with Crippen LogP contribution >= 0.6 is 0 Å². The van der Waals surface area contributed by atoms with Crippen LogP contribution in [0.15, 0.2) is 102 Å². The predicted molar refractivity (Wildman–Crippen MR) is 136 cm³/mol. The van der Waals surface area contributed by atoms with Crippen molar-refractivity contribution in [1.82, 2.24) is 20.5 Å². The van der Waals surface area contributed by atoms with Gasteiger partial charge >= 0.3 is 0 Å². The summed E-state index contributed by atoms with van der Waals surface area (Å²) in [6.07, 6.45) is 1.67. The molecule has 0 atom stereocenters. The summed E-state index contributed by atoms with van der Waals surface area (Å²) >= 11 is 0. The highest BCUT2D eigenvalue weighted by Crippen LogP contribution is 2.26. The van der Waals surface area contributed by atoms with E-state index in [0.29, 0.717) is 36.4 Å². The van der Waals surface area contributed by atoms with Crippen molar-refractivity contribution < 1.29 is 13.9 Å². The average Bonchev–Trinajstić information content (AvgIpc) is 3.42. The van der Waals surface area contributed by atoms with E-state index in [1.54, 1.807) is 30.5 Å². The molecule has 0 spiro atoms. The lowest BCUT2D eigenvalue weighted by molar-refractivity contribution is 0.0951. The average molecular weight is 477 g/mol. The minimum Gasteiger partial charge on any atom is -0.473 e. The fourth-order valence-electron chi connectivity index (χ4n) is 3.68. The van der Waals surface area contributed by atoms with Gasteiger partial charge in [-0.3, -0.25) is 4.79 Å². The molecule has 0 radical (unpaired) electrons. The summed E-state index contributed by atoms with van der Waals surface area (Å²) in [4.78, 5) is 16.9. The van der Waals surface area contributed by atoms with Crippen LogP contribution in [0.3, 0.4) is 0 Å². The highest BCUT2D eigenvalue weighted by atomic mass is 16.5. The third kappa shape index (κ3) is 5.47. The molecular formula is C29H24N4O3. The number of carbonyl (C=O) groups excluding carboxylic acids is 1. The number of carbonyl (C=O) groups is 1. The van der Waals surface area contributed by atoms with Crippen molar-refractivity contribution >= 4 is 5.91 Å². The lowest BCUT2D eigenvalue weighted by atomic mass is 10.1. The number of aromatic nitrogens is 3. The SMILES string of the molecule is Cc1ccccc1-c1nnc(-c2ccc(C(=O)NCc3ccnc(OCc4ccccc4)c3)cc2)o1. The summed E-state index contributed by atoms with van der Waals surface area (Å²) in [5.74, 6) is 1.20. The van der Waals surface area contributed by atoms with Crippen LogP contribution in [0.2, 0.25) is 0 Å². The maximum Gasteiger partial charge on any atom is 0.251 e. The number of hydrogen-bond donors (Lipinski definition) is 1. The highest BCUT2D eigenvalue weighted by Gasteiger charge is 2.13. The maximum absolute atomic E-state index is 12.7. The van der Waals surface area contributed by atoms with Crippen molar-refractivity contribution in [2.24, 2.45) is 0 Å². The summed E-state index contributed by atoms with van der Waals surface area (Å²) in [5, 5.41) is 11.3. The van der Waals surface area contributed by atoms with Gasteiger partial charge in [0.2, 0.25) is 17.7 Å². The van der Waals surface area contributed by atoms with E-state index in [1.165, 1.54) is 0 Å². The third-order valence-electron chi connectivity index (χ3n) is 5.68. The van der Waals surface area contributed by atoms with Gasteiger partial charge in [0.05, 0.1) is 0 Å². The number of nitrogens with zero attached hydrogens (tertiary/aromatic N) is 3. The van der Waals surface area contributed by atoms with Gasteiger partial charge in [-0.25, -0.2) is 4.98 Å². The fraction of sp³-hybridized carbons (Fsp3) is 0.103. The molecule has 5 rings (SSSR count). The van der Waals surface area contributed by atoms with Crippen molar-refractivity contribution in [2.45, 2.75) is 20.1 Å². The first-order valence-electron chi connectivity index (χ1n) is 11.6. The smallest absolute Gasteiger partial charge is 0.251 e. The van der Waals surface area contributed by atoms with Gasteiger partial charge in [-0.2, -0.15) is 0 Å². The van der Waals surface area contributed by atoms with Gasteiger partial charge < -0.3 is 14.5 Å². The molecule has 0 saturated heterocycles. The van der Waals surface area contributed by atoms with Gasteiger partial charge in [0, 0.05) is 35.5 Å². The largest absolute Gasteiger partial charge is 0.473 e. The summed E-state index contributed by atoms with van der Waals surface area (Å²) in [5.41, 5.74) is 5.20. The number of rotatable bonds is 8. The molecule has 0 aliphatic heterocycles. The van der Waals surface area contributed by atoms with E-state index in [4.69, 9.17) is 9.15 Å². The molecule has 36 heavy (non-hydrogen) atoms. The lowest BCUT2D eigenvalue weighted by Crippen LogP contribution is -2.22. The molecule has 5 aromatic rings. The molecule has 1 N–H and O–H groups in total. The number of nitrogens with one attached hydrogen (secondary N) is 1. The van der Waals surface area contributed by atoms with Crippen LogP contribution in [0, 0.1) is 6.92 Å². The number of aryl methyl sites for hydroxylation is 1. The van der Waals surface area contributed by atoms with Crippen LogP contribution < -0.4 is 10.1 Å². The van der Waals surface area contributed by atoms with Crippen LogP contribution in [-0.2, 0) is 13.2 Å². The first-order valence-corrected chi connectivity index (χ1v) is 11.6. The Morgan fingerprint density at radius 3 is 2.42 bits per heavy atom. The summed E-state index contributed by atoms with van der Waals surface area (Å²) in [6, 6.07) is 28.5. The van der Waals surface area contributed by atoms with E-state index >= 15 is 0 Å². The Kier molecular flexibility index (Phi) is 6.80. The maximum atomic E-state index is 12.7. The molecule has 0 aliphatic rings. The number of pyridine rings is 1. The Morgan fingerprint density at radius 2 is 1.61 bits per heavy atom. The zero-order chi connectivity index (χ0) is 24.7. The Morgan fingerprint density at radius 1 is 0.861 bits per heavy atom. The quantitative estimate of drug-likeness (QED) is 0.313. The van der Waals surface area contributed by atoms with Crippen molar-refractivity contribution in [1.29, 1.82) is 0 Å². The highest BCUT2D eigenvalue weighted by molar-refractivity contribution is 5.94. The second kappa shape index (κ2) is 10.7. The minimum absolute atomic E-state index is 0.184. The second-order valence-electron chi connectivity index (χ2n) is 8.26. The monoisotopic (exact) mass is 476 g/mol. The second-order valence-corrected chi connectivity index (χ2v) is 8.26. The third-order valence-corrected chi connectivity index (χ3v) is 5.68. The molecule has 7 nitrogen and oxygen atoms in total. The number of amides is 1. The standard InChI is InChI=1S/C29H24N4O3/c1-20-7-5-6-10-25(20)29-33-32-28(36-29)24-13-11-23(12-14-24)27(34)31-18-22-15-16-30-26(17-22)35-19-21-8-3-2-4-9-21/h2-17H,18-19H2,1H3,(H,31,34). The Bertz CT molecular complexity index is 1460. The van der Waals surface area contributed by atoms with Gasteiger partial charge in [-0.1, -0.05) is 48.5 Å². The molecular weight excluding hydrogens is 452 g/mol. The van der Waals surface area contributed by atoms with E-state index in [0.717, 1.165) is 27.8 Å². The molecule has 0 bridgehead atoms. The van der Waals surface area contributed by atoms with E-state index < -0.39 is 0 Å². The Balaban J connectivity index is 1.19. The van der Waals surface area contributed by atoms with Crippen molar-refractivity contribution in [3.8, 4) is 28.8 Å². The van der Waals surface area contributed by atoms with Crippen molar-refractivity contribution in [3.63, 3.8) is 0 Å². The summed E-state index contributed by atoms with van der Waals surface area (Å²) in [6.45, 7) is 2.79. The van der Waals surface area contributed by atoms with Crippen LogP contribution in [0.1, 0.15) is 27.0 Å². The van der Waals surface area contributed by atoms with Gasteiger partial charge in [0.15, 0.2) is 0 Å². The molecule has 1 amide bonds. The first-order chi connectivity index (χ1) is 17.7. The Hall–Kier alpha value is -4.78. The van der Waals surface area contributed by atoms with Crippen LogP contribution in [0.5, 0.6) is 5.88 Å². The van der Waals surface area contributed by atoms with E-state index in [-0.39, 0.29) is 5.91 Å². The fourth-order valence-corrected chi connectivity index (χ4v) is 3.68. The molecule has 0 aliphatic carbocycles. The minimum atomic E-state index is -0.184. The van der Waals surface area contributed by atoms with Gasteiger partial charge in [-0.15, -0.1) is 10.2 Å². The van der Waals surface area contributed by atoms with E-state index in [2.05, 4.69) is 20.5 Å². The molecule has 178 valence electrons. The Labute approximate surface area is 208 Å². The van der Waals surface area contributed by atoms with Crippen molar-refractivity contribution in [2.75, 3.05) is 0 Å². The normalized spacial score (nSPS) is 10.7. The van der Waals surface area contributed by atoms with Crippen molar-refractivity contribution in [3.05, 3.63) is 119 Å². The van der Waals surface area contributed by atoms with E-state index in [1.807, 2.05) is 73.7 Å². The zero-order valence-corrected chi connectivity index (χ0v) is 19.7. The van der Waals surface area contributed by atoms with E-state index in [9.17, 15) is 4.79 Å². The topological polar surface area (TPSA) is 90.1 Å². The molecule has 2 aromatic heterocycles. The molecule has 7 heteroatoms. The lowest BCUT2D eigenvalue weighted by Gasteiger charge is -2.09. The summed E-state index contributed by atoms with van der Waals surface area (Å²) in [7, 11) is 0. The molecule has 0 unspecified atom stereocenters. The summed E-state index contributed by atoms with van der Waals surface area (Å²) < 4.78 is 11.6. The van der Waals surface area contributed by atoms with Gasteiger partial charge in [-0.05, 0) is 60.0 Å².